The molecule has 0 saturated heterocycles. The maximum Gasteiger partial charge on any atom is 0.244 e. The second-order valence-electron chi connectivity index (χ2n) is 9.06. The Bertz CT molecular complexity index is 1110. The molecule has 186 valence electrons. The molecule has 2 atom stereocenters. The molecule has 0 aliphatic carbocycles. The molecule has 0 aliphatic heterocycles. The molecular weight excluding hydrogens is 450 g/mol. The van der Waals surface area contributed by atoms with Crippen LogP contribution in [0.25, 0.3) is 0 Å². The van der Waals surface area contributed by atoms with Crippen molar-refractivity contribution in [2.75, 3.05) is 17.1 Å². The minimum absolute atomic E-state index is 0.0341. The number of nitrogens with zero attached hydrogens (tertiary/aromatic N) is 2. The number of rotatable bonds is 10. The minimum Gasteiger partial charge on any atom is -0.352 e. The topological polar surface area (TPSA) is 86.8 Å². The van der Waals surface area contributed by atoms with Crippen LogP contribution in [0.3, 0.4) is 0 Å². The molecular formula is C26H37N3O4S. The van der Waals surface area contributed by atoms with Gasteiger partial charge < -0.3 is 10.2 Å². The monoisotopic (exact) mass is 487 g/mol. The normalized spacial score (nSPS) is 13.1. The standard InChI is InChI=1S/C26H37N3O4S/c1-8-21(5)27-26(31)22(6)28(16-23-12-10-9-11-20(23)4)25(30)17-29(34(7,32)33)24-14-18(2)13-19(3)15-24/h9-15,21-22H,8,16-17H2,1-7H3,(H,27,31)/t21-,22+/m0/s1. The average molecular weight is 488 g/mol. The highest BCUT2D eigenvalue weighted by Crippen LogP contribution is 2.22. The number of benzene rings is 2. The van der Waals surface area contributed by atoms with Crippen LogP contribution < -0.4 is 9.62 Å². The first-order valence-corrected chi connectivity index (χ1v) is 13.4. The van der Waals surface area contributed by atoms with Gasteiger partial charge in [0.05, 0.1) is 11.9 Å². The Morgan fingerprint density at radius 2 is 1.59 bits per heavy atom. The summed E-state index contributed by atoms with van der Waals surface area (Å²) in [5.41, 5.74) is 4.12. The second-order valence-corrected chi connectivity index (χ2v) is 11.0. The molecule has 0 bridgehead atoms. The van der Waals surface area contributed by atoms with E-state index in [0.717, 1.165) is 39.2 Å². The Morgan fingerprint density at radius 1 is 1.00 bits per heavy atom. The van der Waals surface area contributed by atoms with Crippen molar-refractivity contribution in [2.45, 2.75) is 66.6 Å². The molecule has 0 aromatic heterocycles. The fraction of sp³-hybridized carbons (Fsp3) is 0.462. The molecule has 0 spiro atoms. The van der Waals surface area contributed by atoms with Crippen molar-refractivity contribution in [2.24, 2.45) is 0 Å². The van der Waals surface area contributed by atoms with Crippen LogP contribution in [0.15, 0.2) is 42.5 Å². The summed E-state index contributed by atoms with van der Waals surface area (Å²) in [5, 5.41) is 2.93. The molecule has 0 radical (unpaired) electrons. The molecule has 2 rings (SSSR count). The number of sulfonamides is 1. The number of hydrogen-bond acceptors (Lipinski definition) is 4. The fourth-order valence-electron chi connectivity index (χ4n) is 3.73. The lowest BCUT2D eigenvalue weighted by Gasteiger charge is -2.32. The molecule has 7 nitrogen and oxygen atoms in total. The van der Waals surface area contributed by atoms with Gasteiger partial charge in [-0.25, -0.2) is 8.42 Å². The summed E-state index contributed by atoms with van der Waals surface area (Å²) in [7, 11) is -3.74. The fourth-order valence-corrected chi connectivity index (χ4v) is 4.56. The summed E-state index contributed by atoms with van der Waals surface area (Å²) in [4.78, 5) is 28.0. The van der Waals surface area contributed by atoms with Crippen LogP contribution >= 0.6 is 0 Å². The van der Waals surface area contributed by atoms with E-state index in [4.69, 9.17) is 0 Å². The zero-order chi connectivity index (χ0) is 25.6. The van der Waals surface area contributed by atoms with Crippen LogP contribution in [0.4, 0.5) is 5.69 Å². The van der Waals surface area contributed by atoms with Gasteiger partial charge in [0.2, 0.25) is 21.8 Å². The van der Waals surface area contributed by atoms with Crippen LogP contribution in [0.5, 0.6) is 0 Å². The SMILES string of the molecule is CC[C@H](C)NC(=O)[C@@H](C)N(Cc1ccccc1C)C(=O)CN(c1cc(C)cc(C)c1)S(C)(=O)=O. The van der Waals surface area contributed by atoms with Crippen molar-refractivity contribution in [3.05, 3.63) is 64.7 Å². The lowest BCUT2D eigenvalue weighted by Crippen LogP contribution is -2.52. The Morgan fingerprint density at radius 3 is 2.12 bits per heavy atom. The zero-order valence-electron chi connectivity index (χ0n) is 21.3. The molecule has 2 amide bonds. The van der Waals surface area contributed by atoms with Crippen LogP contribution in [0.2, 0.25) is 0 Å². The van der Waals surface area contributed by atoms with Crippen LogP contribution in [0, 0.1) is 20.8 Å². The summed E-state index contributed by atoms with van der Waals surface area (Å²) in [6.45, 7) is 11.1. The molecule has 0 unspecified atom stereocenters. The third-order valence-corrected chi connectivity index (χ3v) is 7.08. The molecule has 34 heavy (non-hydrogen) atoms. The summed E-state index contributed by atoms with van der Waals surface area (Å²) in [6.07, 6.45) is 1.85. The van der Waals surface area contributed by atoms with Crippen LogP contribution in [0.1, 0.15) is 49.4 Å². The van der Waals surface area contributed by atoms with E-state index in [1.54, 1.807) is 19.1 Å². The molecule has 0 aliphatic rings. The molecule has 0 fully saturated rings. The van der Waals surface area contributed by atoms with Crippen molar-refractivity contribution in [3.63, 3.8) is 0 Å². The predicted octanol–water partition coefficient (Wildman–Crippen LogP) is 3.71. The molecule has 0 saturated carbocycles. The number of hydrogen-bond donors (Lipinski definition) is 1. The smallest absolute Gasteiger partial charge is 0.244 e. The summed E-state index contributed by atoms with van der Waals surface area (Å²) >= 11 is 0. The van der Waals surface area contributed by atoms with E-state index in [1.165, 1.54) is 4.90 Å². The van der Waals surface area contributed by atoms with E-state index >= 15 is 0 Å². The first-order valence-electron chi connectivity index (χ1n) is 11.5. The van der Waals surface area contributed by atoms with Gasteiger partial charge in [0.25, 0.3) is 0 Å². The van der Waals surface area contributed by atoms with Crippen molar-refractivity contribution in [1.29, 1.82) is 0 Å². The number of amides is 2. The maximum atomic E-state index is 13.6. The highest BCUT2D eigenvalue weighted by atomic mass is 32.2. The Balaban J connectivity index is 2.43. The highest BCUT2D eigenvalue weighted by molar-refractivity contribution is 7.92. The van der Waals surface area contributed by atoms with Crippen molar-refractivity contribution in [3.8, 4) is 0 Å². The van der Waals surface area contributed by atoms with Gasteiger partial charge in [0, 0.05) is 12.6 Å². The number of aryl methyl sites for hydroxylation is 3. The van der Waals surface area contributed by atoms with Gasteiger partial charge >= 0.3 is 0 Å². The zero-order valence-corrected chi connectivity index (χ0v) is 22.1. The minimum atomic E-state index is -3.74. The molecule has 2 aromatic rings. The molecule has 1 N–H and O–H groups in total. The summed E-state index contributed by atoms with van der Waals surface area (Å²) in [5.74, 6) is -0.715. The lowest BCUT2D eigenvalue weighted by atomic mass is 10.1. The number of carbonyl (C=O) groups excluding carboxylic acids is 2. The average Bonchev–Trinajstić information content (AvgIpc) is 2.74. The Kier molecular flexibility index (Phi) is 9.27. The van der Waals surface area contributed by atoms with Crippen molar-refractivity contribution >= 4 is 27.5 Å². The number of nitrogens with one attached hydrogen (secondary N) is 1. The van der Waals surface area contributed by atoms with Gasteiger partial charge in [-0.05, 0) is 75.4 Å². The van der Waals surface area contributed by atoms with Gasteiger partial charge in [0.1, 0.15) is 12.6 Å². The van der Waals surface area contributed by atoms with Crippen LogP contribution in [-0.2, 0) is 26.2 Å². The van der Waals surface area contributed by atoms with E-state index in [9.17, 15) is 18.0 Å². The molecule has 8 heteroatoms. The van der Waals surface area contributed by atoms with Crippen molar-refractivity contribution < 1.29 is 18.0 Å². The maximum absolute atomic E-state index is 13.6. The second kappa shape index (κ2) is 11.5. The summed E-state index contributed by atoms with van der Waals surface area (Å²) < 4.78 is 26.5. The quantitative estimate of drug-likeness (QED) is 0.554. The number of carbonyl (C=O) groups is 2. The van der Waals surface area contributed by atoms with E-state index in [2.05, 4.69) is 5.32 Å². The van der Waals surface area contributed by atoms with Gasteiger partial charge in [0.15, 0.2) is 0 Å². The largest absolute Gasteiger partial charge is 0.352 e. The van der Waals surface area contributed by atoms with Crippen LogP contribution in [-0.4, -0.2) is 50.0 Å². The van der Waals surface area contributed by atoms with Gasteiger partial charge in [-0.3, -0.25) is 13.9 Å². The van der Waals surface area contributed by atoms with Crippen molar-refractivity contribution in [1.82, 2.24) is 10.2 Å². The highest BCUT2D eigenvalue weighted by Gasteiger charge is 2.30. The third-order valence-electron chi connectivity index (χ3n) is 5.94. The number of anilines is 1. The van der Waals surface area contributed by atoms with E-state index in [1.807, 2.05) is 65.0 Å². The van der Waals surface area contributed by atoms with Gasteiger partial charge in [-0.1, -0.05) is 37.3 Å². The Hall–Kier alpha value is -2.87. The Labute approximate surface area is 204 Å². The third kappa shape index (κ3) is 7.32. The molecule has 0 heterocycles. The van der Waals surface area contributed by atoms with Gasteiger partial charge in [-0.15, -0.1) is 0 Å². The predicted molar refractivity (Wildman–Crippen MR) is 137 cm³/mol. The molecule has 2 aromatic carbocycles. The lowest BCUT2D eigenvalue weighted by molar-refractivity contribution is -0.139. The van der Waals surface area contributed by atoms with E-state index in [-0.39, 0.29) is 18.5 Å². The summed E-state index contributed by atoms with van der Waals surface area (Å²) in [6, 6.07) is 12.3. The van der Waals surface area contributed by atoms with E-state index in [0.29, 0.717) is 5.69 Å². The first kappa shape index (κ1) is 27.4. The van der Waals surface area contributed by atoms with E-state index < -0.39 is 28.5 Å². The first-order chi connectivity index (χ1) is 15.8. The van der Waals surface area contributed by atoms with Gasteiger partial charge in [-0.2, -0.15) is 0 Å².